The van der Waals surface area contributed by atoms with E-state index in [4.69, 9.17) is 22.0 Å². The standard InChI is InChI=1S/C6H3ClN2O/c7-6-5(10)2-1-4(3-8)9-6/h1-2,10H. The van der Waals surface area contributed by atoms with Crippen LogP contribution >= 0.6 is 11.6 Å². The van der Waals surface area contributed by atoms with E-state index >= 15 is 0 Å². The third-order valence-electron chi connectivity index (χ3n) is 0.944. The van der Waals surface area contributed by atoms with Crippen molar-refractivity contribution in [2.75, 3.05) is 0 Å². The summed E-state index contributed by atoms with van der Waals surface area (Å²) >= 11 is 5.38. The van der Waals surface area contributed by atoms with E-state index in [1.165, 1.54) is 12.1 Å². The molecule has 1 heterocycles. The highest BCUT2D eigenvalue weighted by Gasteiger charge is 1.98. The van der Waals surface area contributed by atoms with E-state index in [2.05, 4.69) is 4.98 Å². The normalized spacial score (nSPS) is 8.80. The fourth-order valence-corrected chi connectivity index (χ4v) is 0.643. The zero-order chi connectivity index (χ0) is 7.56. The van der Waals surface area contributed by atoms with Gasteiger partial charge in [-0.3, -0.25) is 0 Å². The van der Waals surface area contributed by atoms with Crippen molar-refractivity contribution < 1.29 is 5.11 Å². The number of halogens is 1. The number of pyridine rings is 1. The second kappa shape index (κ2) is 2.54. The number of rotatable bonds is 0. The molecule has 0 saturated carbocycles. The van der Waals surface area contributed by atoms with Gasteiger partial charge in [0.15, 0.2) is 10.9 Å². The summed E-state index contributed by atoms with van der Waals surface area (Å²) in [6.45, 7) is 0. The summed E-state index contributed by atoms with van der Waals surface area (Å²) in [5.41, 5.74) is 0.197. The highest BCUT2D eigenvalue weighted by Crippen LogP contribution is 2.19. The maximum absolute atomic E-state index is 8.84. The second-order valence-corrected chi connectivity index (χ2v) is 1.98. The van der Waals surface area contributed by atoms with Crippen molar-refractivity contribution in [1.29, 1.82) is 5.26 Å². The summed E-state index contributed by atoms with van der Waals surface area (Å²) < 4.78 is 0. The Hall–Kier alpha value is -1.27. The van der Waals surface area contributed by atoms with Crippen LogP contribution in [0.15, 0.2) is 12.1 Å². The van der Waals surface area contributed by atoms with Gasteiger partial charge in [0, 0.05) is 0 Å². The van der Waals surface area contributed by atoms with Gasteiger partial charge in [-0.05, 0) is 12.1 Å². The van der Waals surface area contributed by atoms with E-state index < -0.39 is 0 Å². The molecule has 3 nitrogen and oxygen atoms in total. The molecule has 0 fully saturated rings. The number of nitriles is 1. The first kappa shape index (κ1) is 6.84. The van der Waals surface area contributed by atoms with E-state index in [0.29, 0.717) is 0 Å². The first-order valence-electron chi connectivity index (χ1n) is 2.49. The molecule has 0 unspecified atom stereocenters. The Bertz CT molecular complexity index is 292. The first-order valence-corrected chi connectivity index (χ1v) is 2.87. The van der Waals surface area contributed by atoms with Gasteiger partial charge in [-0.2, -0.15) is 5.26 Å². The summed E-state index contributed by atoms with van der Waals surface area (Å²) in [7, 11) is 0. The molecule has 0 amide bonds. The number of hydrogen-bond acceptors (Lipinski definition) is 3. The lowest BCUT2D eigenvalue weighted by atomic mass is 10.4. The zero-order valence-electron chi connectivity index (χ0n) is 4.87. The number of nitrogens with zero attached hydrogens (tertiary/aromatic N) is 2. The molecule has 0 atom stereocenters. The number of aromatic nitrogens is 1. The van der Waals surface area contributed by atoms with Gasteiger partial charge in [-0.25, -0.2) is 4.98 Å². The molecule has 0 aliphatic heterocycles. The monoisotopic (exact) mass is 154 g/mol. The van der Waals surface area contributed by atoms with Crippen molar-refractivity contribution in [3.05, 3.63) is 23.0 Å². The summed E-state index contributed by atoms with van der Waals surface area (Å²) in [4.78, 5) is 3.55. The van der Waals surface area contributed by atoms with Gasteiger partial charge >= 0.3 is 0 Å². The zero-order valence-corrected chi connectivity index (χ0v) is 5.63. The molecule has 4 heteroatoms. The summed E-state index contributed by atoms with van der Waals surface area (Å²) in [5, 5.41) is 17.1. The minimum absolute atomic E-state index is 0.0425. The Kier molecular flexibility index (Phi) is 1.74. The van der Waals surface area contributed by atoms with Crippen molar-refractivity contribution in [2.45, 2.75) is 0 Å². The summed E-state index contributed by atoms with van der Waals surface area (Å²) in [5.74, 6) is -0.110. The Morgan fingerprint density at radius 3 is 2.80 bits per heavy atom. The molecule has 0 saturated heterocycles. The lowest BCUT2D eigenvalue weighted by Gasteiger charge is -1.92. The fraction of sp³-hybridized carbons (Fsp3) is 0. The third kappa shape index (κ3) is 1.17. The summed E-state index contributed by atoms with van der Waals surface area (Å²) in [6, 6.07) is 4.51. The van der Waals surface area contributed by atoms with Gasteiger partial charge in [0.25, 0.3) is 0 Å². The topological polar surface area (TPSA) is 56.9 Å². The Morgan fingerprint density at radius 1 is 1.60 bits per heavy atom. The molecule has 1 aromatic heterocycles. The average Bonchev–Trinajstić information content (AvgIpc) is 1.95. The third-order valence-corrected chi connectivity index (χ3v) is 1.22. The Labute approximate surface area is 62.5 Å². The van der Waals surface area contributed by atoms with Crippen LogP contribution in [-0.4, -0.2) is 10.1 Å². The van der Waals surface area contributed by atoms with Crippen LogP contribution in [0.4, 0.5) is 0 Å². The van der Waals surface area contributed by atoms with Crippen LogP contribution in [-0.2, 0) is 0 Å². The van der Waals surface area contributed by atoms with Gasteiger partial charge in [0.1, 0.15) is 11.8 Å². The molecule has 0 aliphatic carbocycles. The van der Waals surface area contributed by atoms with Crippen LogP contribution < -0.4 is 0 Å². The van der Waals surface area contributed by atoms with E-state index in [1.54, 1.807) is 6.07 Å². The van der Waals surface area contributed by atoms with Gasteiger partial charge < -0.3 is 5.11 Å². The van der Waals surface area contributed by atoms with Crippen molar-refractivity contribution in [1.82, 2.24) is 4.98 Å². The van der Waals surface area contributed by atoms with Crippen molar-refractivity contribution in [3.8, 4) is 11.8 Å². The highest BCUT2D eigenvalue weighted by molar-refractivity contribution is 6.30. The summed E-state index contributed by atoms with van der Waals surface area (Å²) in [6.07, 6.45) is 0. The van der Waals surface area contributed by atoms with Crippen LogP contribution in [0.25, 0.3) is 0 Å². The van der Waals surface area contributed by atoms with E-state index in [1.807, 2.05) is 0 Å². The van der Waals surface area contributed by atoms with Crippen molar-refractivity contribution in [3.63, 3.8) is 0 Å². The fourth-order valence-electron chi connectivity index (χ4n) is 0.489. The minimum atomic E-state index is -0.110. The SMILES string of the molecule is N#Cc1ccc(O)c(Cl)n1. The maximum atomic E-state index is 8.84. The lowest BCUT2D eigenvalue weighted by Crippen LogP contribution is -1.81. The number of aromatic hydroxyl groups is 1. The van der Waals surface area contributed by atoms with Crippen LogP contribution in [0.5, 0.6) is 5.75 Å². The molecular weight excluding hydrogens is 152 g/mol. The first-order chi connectivity index (χ1) is 4.74. The highest BCUT2D eigenvalue weighted by atomic mass is 35.5. The largest absolute Gasteiger partial charge is 0.505 e. The van der Waals surface area contributed by atoms with Gasteiger partial charge in [-0.1, -0.05) is 11.6 Å². The van der Waals surface area contributed by atoms with Crippen molar-refractivity contribution >= 4 is 11.6 Å². The van der Waals surface area contributed by atoms with Crippen LogP contribution in [0.1, 0.15) is 5.69 Å². The average molecular weight is 155 g/mol. The molecule has 0 bridgehead atoms. The predicted molar refractivity (Wildman–Crippen MR) is 35.6 cm³/mol. The molecule has 50 valence electrons. The van der Waals surface area contributed by atoms with E-state index in [0.717, 1.165) is 0 Å². The predicted octanol–water partition coefficient (Wildman–Crippen LogP) is 1.31. The van der Waals surface area contributed by atoms with Gasteiger partial charge in [-0.15, -0.1) is 0 Å². The van der Waals surface area contributed by atoms with Crippen LogP contribution in [0.3, 0.4) is 0 Å². The smallest absolute Gasteiger partial charge is 0.172 e. The maximum Gasteiger partial charge on any atom is 0.172 e. The molecule has 1 rings (SSSR count). The number of hydrogen-bond donors (Lipinski definition) is 1. The van der Waals surface area contributed by atoms with Crippen molar-refractivity contribution in [2.24, 2.45) is 0 Å². The van der Waals surface area contributed by atoms with Crippen LogP contribution in [0, 0.1) is 11.3 Å². The molecule has 0 aromatic carbocycles. The lowest BCUT2D eigenvalue weighted by molar-refractivity contribution is 0.473. The van der Waals surface area contributed by atoms with Gasteiger partial charge in [0.2, 0.25) is 0 Å². The van der Waals surface area contributed by atoms with E-state index in [-0.39, 0.29) is 16.6 Å². The van der Waals surface area contributed by atoms with E-state index in [9.17, 15) is 0 Å². The molecular formula is C6H3ClN2O. The van der Waals surface area contributed by atoms with Gasteiger partial charge in [0.05, 0.1) is 0 Å². The quantitative estimate of drug-likeness (QED) is 0.574. The Morgan fingerprint density at radius 2 is 2.30 bits per heavy atom. The molecule has 1 N–H and O–H groups in total. The molecule has 0 spiro atoms. The second-order valence-electron chi connectivity index (χ2n) is 1.62. The Balaban J connectivity index is 3.20. The molecule has 0 aliphatic rings. The molecule has 1 aromatic rings. The minimum Gasteiger partial charge on any atom is -0.505 e. The molecule has 0 radical (unpaired) electrons. The molecule has 10 heavy (non-hydrogen) atoms. The van der Waals surface area contributed by atoms with Crippen LogP contribution in [0.2, 0.25) is 5.15 Å².